The SMILES string of the molecule is CCCOc1ccc(C(F)(F)F)cc1C(=O)CC. The van der Waals surface area contributed by atoms with Crippen molar-refractivity contribution in [1.82, 2.24) is 0 Å². The third-order valence-corrected chi connectivity index (χ3v) is 2.39. The molecule has 0 saturated heterocycles. The molecule has 0 aliphatic rings. The number of Topliss-reactive ketones (excluding diaryl/α,β-unsaturated/α-hetero) is 1. The van der Waals surface area contributed by atoms with E-state index in [1.165, 1.54) is 6.07 Å². The first-order valence-electron chi connectivity index (χ1n) is 5.77. The summed E-state index contributed by atoms with van der Waals surface area (Å²) in [6.07, 6.45) is -3.59. The predicted octanol–water partition coefficient (Wildman–Crippen LogP) is 4.09. The summed E-state index contributed by atoms with van der Waals surface area (Å²) < 4.78 is 43.0. The number of alkyl halides is 3. The Labute approximate surface area is 104 Å². The molecule has 18 heavy (non-hydrogen) atoms. The summed E-state index contributed by atoms with van der Waals surface area (Å²) in [5.74, 6) is -0.135. The highest BCUT2D eigenvalue weighted by molar-refractivity contribution is 5.98. The van der Waals surface area contributed by atoms with Crippen LogP contribution in [0.2, 0.25) is 0 Å². The molecule has 2 nitrogen and oxygen atoms in total. The molecule has 0 atom stereocenters. The highest BCUT2D eigenvalue weighted by Gasteiger charge is 2.31. The molecule has 0 spiro atoms. The average molecular weight is 260 g/mol. The molecular weight excluding hydrogens is 245 g/mol. The van der Waals surface area contributed by atoms with Crippen molar-refractivity contribution in [3.8, 4) is 5.75 Å². The first-order valence-corrected chi connectivity index (χ1v) is 5.77. The zero-order valence-corrected chi connectivity index (χ0v) is 10.3. The maximum Gasteiger partial charge on any atom is 0.416 e. The molecule has 0 amide bonds. The Hall–Kier alpha value is -1.52. The van der Waals surface area contributed by atoms with Crippen molar-refractivity contribution < 1.29 is 22.7 Å². The predicted molar refractivity (Wildman–Crippen MR) is 61.9 cm³/mol. The van der Waals surface area contributed by atoms with E-state index in [1.807, 2.05) is 6.92 Å². The highest BCUT2D eigenvalue weighted by Crippen LogP contribution is 2.33. The van der Waals surface area contributed by atoms with Crippen LogP contribution in [0.1, 0.15) is 42.6 Å². The number of rotatable bonds is 5. The molecule has 0 N–H and O–H groups in total. The van der Waals surface area contributed by atoms with Crippen LogP contribution in [0.5, 0.6) is 5.75 Å². The largest absolute Gasteiger partial charge is 0.493 e. The highest BCUT2D eigenvalue weighted by atomic mass is 19.4. The fraction of sp³-hybridized carbons (Fsp3) is 0.462. The van der Waals surface area contributed by atoms with Crippen LogP contribution >= 0.6 is 0 Å². The lowest BCUT2D eigenvalue weighted by Crippen LogP contribution is -2.09. The van der Waals surface area contributed by atoms with Crippen molar-refractivity contribution in [1.29, 1.82) is 0 Å². The van der Waals surface area contributed by atoms with Crippen LogP contribution in [0.3, 0.4) is 0 Å². The van der Waals surface area contributed by atoms with Crippen molar-refractivity contribution >= 4 is 5.78 Å². The topological polar surface area (TPSA) is 26.3 Å². The van der Waals surface area contributed by atoms with Gasteiger partial charge in [0.15, 0.2) is 5.78 Å². The standard InChI is InChI=1S/C13H15F3O2/c1-3-7-18-12-6-5-9(13(14,15)16)8-10(12)11(17)4-2/h5-6,8H,3-4,7H2,1-2H3. The summed E-state index contributed by atoms with van der Waals surface area (Å²) in [6.45, 7) is 3.85. The van der Waals surface area contributed by atoms with Crippen molar-refractivity contribution in [2.75, 3.05) is 6.61 Å². The van der Waals surface area contributed by atoms with Crippen molar-refractivity contribution in [3.63, 3.8) is 0 Å². The maximum atomic E-state index is 12.6. The Kier molecular flexibility index (Phi) is 4.76. The zero-order valence-electron chi connectivity index (χ0n) is 10.3. The van der Waals surface area contributed by atoms with Crippen LogP contribution < -0.4 is 4.74 Å². The number of benzene rings is 1. The van der Waals surface area contributed by atoms with E-state index in [4.69, 9.17) is 4.74 Å². The smallest absolute Gasteiger partial charge is 0.416 e. The van der Waals surface area contributed by atoms with Gasteiger partial charge < -0.3 is 4.74 Å². The first-order chi connectivity index (χ1) is 8.40. The Bertz CT molecular complexity index is 425. The van der Waals surface area contributed by atoms with Gasteiger partial charge in [-0.05, 0) is 24.6 Å². The lowest BCUT2D eigenvalue weighted by atomic mass is 10.0. The molecule has 0 aliphatic heterocycles. The molecule has 0 heterocycles. The molecule has 1 aromatic carbocycles. The molecule has 0 unspecified atom stereocenters. The second kappa shape index (κ2) is 5.89. The van der Waals surface area contributed by atoms with Gasteiger partial charge in [0, 0.05) is 6.42 Å². The number of hydrogen-bond acceptors (Lipinski definition) is 2. The zero-order chi connectivity index (χ0) is 13.8. The summed E-state index contributed by atoms with van der Waals surface area (Å²) in [4.78, 5) is 11.6. The van der Waals surface area contributed by atoms with E-state index in [0.29, 0.717) is 6.61 Å². The van der Waals surface area contributed by atoms with Crippen molar-refractivity contribution in [3.05, 3.63) is 29.3 Å². The molecule has 5 heteroatoms. The second-order valence-electron chi connectivity index (χ2n) is 3.83. The van der Waals surface area contributed by atoms with E-state index in [-0.39, 0.29) is 23.5 Å². The molecule has 0 radical (unpaired) electrons. The van der Waals surface area contributed by atoms with Gasteiger partial charge in [0.1, 0.15) is 5.75 Å². The number of ketones is 1. The second-order valence-corrected chi connectivity index (χ2v) is 3.83. The Morgan fingerprint density at radius 1 is 1.28 bits per heavy atom. The van der Waals surface area contributed by atoms with Crippen LogP contribution in [-0.2, 0) is 6.18 Å². The number of carbonyl (C=O) groups is 1. The molecule has 0 aliphatic carbocycles. The monoisotopic (exact) mass is 260 g/mol. The fourth-order valence-electron chi connectivity index (χ4n) is 1.45. The fourth-order valence-corrected chi connectivity index (χ4v) is 1.45. The van der Waals surface area contributed by atoms with Gasteiger partial charge in [0.25, 0.3) is 0 Å². The normalized spacial score (nSPS) is 11.4. The Morgan fingerprint density at radius 2 is 1.94 bits per heavy atom. The summed E-state index contributed by atoms with van der Waals surface area (Å²) in [5.41, 5.74) is -0.830. The van der Waals surface area contributed by atoms with Gasteiger partial charge in [-0.15, -0.1) is 0 Å². The van der Waals surface area contributed by atoms with Crippen LogP contribution in [-0.4, -0.2) is 12.4 Å². The molecule has 1 aromatic rings. The minimum atomic E-state index is -4.45. The molecule has 0 aromatic heterocycles. The van der Waals surface area contributed by atoms with Gasteiger partial charge in [-0.1, -0.05) is 13.8 Å². The number of carbonyl (C=O) groups excluding carboxylic acids is 1. The van der Waals surface area contributed by atoms with Gasteiger partial charge >= 0.3 is 6.18 Å². The molecule has 0 bridgehead atoms. The third kappa shape index (κ3) is 3.48. The molecular formula is C13H15F3O2. The van der Waals surface area contributed by atoms with Gasteiger partial charge in [-0.2, -0.15) is 13.2 Å². The molecule has 0 saturated carbocycles. The van der Waals surface area contributed by atoms with Crippen molar-refractivity contribution in [2.45, 2.75) is 32.9 Å². The Balaban J connectivity index is 3.16. The van der Waals surface area contributed by atoms with Crippen LogP contribution in [0.25, 0.3) is 0 Å². The summed E-state index contributed by atoms with van der Waals surface area (Å²) in [5, 5.41) is 0. The van der Waals surface area contributed by atoms with Gasteiger partial charge in [0.05, 0.1) is 17.7 Å². The lowest BCUT2D eigenvalue weighted by Gasteiger charge is -2.13. The van der Waals surface area contributed by atoms with Gasteiger partial charge in [0.2, 0.25) is 0 Å². The van der Waals surface area contributed by atoms with Crippen LogP contribution in [0.15, 0.2) is 18.2 Å². The lowest BCUT2D eigenvalue weighted by molar-refractivity contribution is -0.137. The van der Waals surface area contributed by atoms with Gasteiger partial charge in [-0.25, -0.2) is 0 Å². The number of hydrogen-bond donors (Lipinski definition) is 0. The summed E-state index contributed by atoms with van der Waals surface area (Å²) in [7, 11) is 0. The molecule has 1 rings (SSSR count). The molecule has 0 fully saturated rings. The third-order valence-electron chi connectivity index (χ3n) is 2.39. The number of halogens is 3. The van der Waals surface area contributed by atoms with E-state index >= 15 is 0 Å². The molecule has 100 valence electrons. The van der Waals surface area contributed by atoms with Gasteiger partial charge in [-0.3, -0.25) is 4.79 Å². The quantitative estimate of drug-likeness (QED) is 0.745. The first kappa shape index (κ1) is 14.5. The van der Waals surface area contributed by atoms with E-state index in [1.54, 1.807) is 6.92 Å². The maximum absolute atomic E-state index is 12.6. The average Bonchev–Trinajstić information content (AvgIpc) is 2.34. The van der Waals surface area contributed by atoms with Crippen LogP contribution in [0, 0.1) is 0 Å². The number of ether oxygens (including phenoxy) is 1. The Morgan fingerprint density at radius 3 is 2.44 bits per heavy atom. The van der Waals surface area contributed by atoms with Crippen LogP contribution in [0.4, 0.5) is 13.2 Å². The van der Waals surface area contributed by atoms with E-state index in [2.05, 4.69) is 0 Å². The van der Waals surface area contributed by atoms with E-state index in [0.717, 1.165) is 18.6 Å². The van der Waals surface area contributed by atoms with E-state index < -0.39 is 11.7 Å². The van der Waals surface area contributed by atoms with E-state index in [9.17, 15) is 18.0 Å². The minimum Gasteiger partial charge on any atom is -0.493 e. The summed E-state index contributed by atoms with van der Waals surface area (Å²) >= 11 is 0. The van der Waals surface area contributed by atoms with Crippen molar-refractivity contribution in [2.24, 2.45) is 0 Å². The summed E-state index contributed by atoms with van der Waals surface area (Å²) in [6, 6.07) is 3.00. The minimum absolute atomic E-state index is 0.000718.